The second kappa shape index (κ2) is 8.29. The lowest BCUT2D eigenvalue weighted by Crippen LogP contribution is -2.25. The van der Waals surface area contributed by atoms with Gasteiger partial charge in [-0.3, -0.25) is 4.79 Å². The van der Waals surface area contributed by atoms with Crippen LogP contribution in [0.1, 0.15) is 39.4 Å². The van der Waals surface area contributed by atoms with E-state index in [4.69, 9.17) is 0 Å². The van der Waals surface area contributed by atoms with Gasteiger partial charge in [0.05, 0.1) is 0 Å². The van der Waals surface area contributed by atoms with Gasteiger partial charge in [0.15, 0.2) is 0 Å². The van der Waals surface area contributed by atoms with Crippen LogP contribution in [0.2, 0.25) is 0 Å². The molecule has 1 N–H and O–H groups in total. The first-order valence-electron chi connectivity index (χ1n) is 8.69. The fourth-order valence-corrected chi connectivity index (χ4v) is 3.11. The third-order valence-corrected chi connectivity index (χ3v) is 4.40. The first kappa shape index (κ1) is 17.0. The summed E-state index contributed by atoms with van der Waals surface area (Å²) in [6, 6.07) is 28.6. The summed E-state index contributed by atoms with van der Waals surface area (Å²) >= 11 is 0. The zero-order chi connectivity index (χ0) is 17.5. The average molecular weight is 329 g/mol. The molecule has 3 rings (SSSR count). The molecule has 0 atom stereocenters. The van der Waals surface area contributed by atoms with Crippen LogP contribution in [-0.2, 0) is 0 Å². The molecule has 0 radical (unpaired) electrons. The number of amides is 1. The molecule has 0 aliphatic rings. The number of rotatable bonds is 6. The zero-order valence-corrected chi connectivity index (χ0v) is 14.5. The van der Waals surface area contributed by atoms with Gasteiger partial charge in [-0.1, -0.05) is 78.4 Å². The predicted molar refractivity (Wildman–Crippen MR) is 103 cm³/mol. The van der Waals surface area contributed by atoms with E-state index in [-0.39, 0.29) is 11.8 Å². The number of hydrogen-bond acceptors (Lipinski definition) is 1. The van der Waals surface area contributed by atoms with Crippen molar-refractivity contribution in [3.05, 3.63) is 107 Å². The molecule has 0 fully saturated rings. The molecule has 0 saturated carbocycles. The summed E-state index contributed by atoms with van der Waals surface area (Å²) in [6.45, 7) is 2.64. The summed E-state index contributed by atoms with van der Waals surface area (Å²) in [5.41, 5.74) is 4.37. The SMILES string of the molecule is Cc1cccc(C(=O)NCCC(c2ccccc2)c2ccccc2)c1. The molecule has 3 aromatic rings. The Kier molecular flexibility index (Phi) is 5.63. The van der Waals surface area contributed by atoms with Crippen molar-refractivity contribution in [3.63, 3.8) is 0 Å². The summed E-state index contributed by atoms with van der Waals surface area (Å²) in [7, 11) is 0. The van der Waals surface area contributed by atoms with E-state index >= 15 is 0 Å². The molecule has 0 saturated heterocycles. The second-order valence-electron chi connectivity index (χ2n) is 6.29. The second-order valence-corrected chi connectivity index (χ2v) is 6.29. The predicted octanol–water partition coefficient (Wildman–Crippen LogP) is 4.95. The van der Waals surface area contributed by atoms with Crippen molar-refractivity contribution in [3.8, 4) is 0 Å². The monoisotopic (exact) mass is 329 g/mol. The number of hydrogen-bond donors (Lipinski definition) is 1. The topological polar surface area (TPSA) is 29.1 Å². The zero-order valence-electron chi connectivity index (χ0n) is 14.5. The maximum atomic E-state index is 12.3. The lowest BCUT2D eigenvalue weighted by Gasteiger charge is -2.18. The van der Waals surface area contributed by atoms with Crippen molar-refractivity contribution in [2.24, 2.45) is 0 Å². The number of nitrogens with one attached hydrogen (secondary N) is 1. The number of benzene rings is 3. The molecule has 0 heterocycles. The van der Waals surface area contributed by atoms with Gasteiger partial charge in [-0.2, -0.15) is 0 Å². The van der Waals surface area contributed by atoms with Gasteiger partial charge < -0.3 is 5.32 Å². The number of carbonyl (C=O) groups is 1. The number of aryl methyl sites for hydroxylation is 1. The molecule has 0 aliphatic heterocycles. The minimum absolute atomic E-state index is 0.0106. The van der Waals surface area contributed by atoms with Crippen molar-refractivity contribution in [1.82, 2.24) is 5.32 Å². The van der Waals surface area contributed by atoms with E-state index in [1.807, 2.05) is 43.3 Å². The molecule has 0 bridgehead atoms. The van der Waals surface area contributed by atoms with Crippen molar-refractivity contribution in [1.29, 1.82) is 0 Å². The molecule has 2 nitrogen and oxygen atoms in total. The molecule has 0 aromatic heterocycles. The summed E-state index contributed by atoms with van der Waals surface area (Å²) in [4.78, 5) is 12.3. The van der Waals surface area contributed by atoms with Crippen LogP contribution in [0.25, 0.3) is 0 Å². The maximum absolute atomic E-state index is 12.3. The Morgan fingerprint density at radius 1 is 0.840 bits per heavy atom. The van der Waals surface area contributed by atoms with Crippen molar-refractivity contribution in [2.45, 2.75) is 19.3 Å². The fraction of sp³-hybridized carbons (Fsp3) is 0.174. The van der Waals surface area contributed by atoms with E-state index in [1.165, 1.54) is 11.1 Å². The van der Waals surface area contributed by atoms with Gasteiger partial charge in [0, 0.05) is 18.0 Å². The highest BCUT2D eigenvalue weighted by Gasteiger charge is 2.14. The Labute approximate surface area is 149 Å². The van der Waals surface area contributed by atoms with Gasteiger partial charge in [0.2, 0.25) is 0 Å². The standard InChI is InChI=1S/C23H23NO/c1-18-9-8-14-21(17-18)23(25)24-16-15-22(19-10-4-2-5-11-19)20-12-6-3-7-13-20/h2-14,17,22H,15-16H2,1H3,(H,24,25). The molecule has 25 heavy (non-hydrogen) atoms. The lowest BCUT2D eigenvalue weighted by atomic mass is 9.88. The van der Waals surface area contributed by atoms with Crippen LogP contribution in [-0.4, -0.2) is 12.5 Å². The van der Waals surface area contributed by atoms with Crippen LogP contribution < -0.4 is 5.32 Å². The minimum Gasteiger partial charge on any atom is -0.352 e. The van der Waals surface area contributed by atoms with E-state index in [0.29, 0.717) is 6.54 Å². The molecule has 2 heteroatoms. The Morgan fingerprint density at radius 2 is 1.44 bits per heavy atom. The Morgan fingerprint density at radius 3 is 2.00 bits per heavy atom. The van der Waals surface area contributed by atoms with Crippen LogP contribution in [0.15, 0.2) is 84.9 Å². The van der Waals surface area contributed by atoms with Gasteiger partial charge >= 0.3 is 0 Å². The molecule has 0 spiro atoms. The van der Waals surface area contributed by atoms with E-state index in [1.54, 1.807) is 0 Å². The highest BCUT2D eigenvalue weighted by atomic mass is 16.1. The molecular formula is C23H23NO. The largest absolute Gasteiger partial charge is 0.352 e. The maximum Gasteiger partial charge on any atom is 0.251 e. The van der Waals surface area contributed by atoms with Crippen molar-refractivity contribution < 1.29 is 4.79 Å². The van der Waals surface area contributed by atoms with Gasteiger partial charge in [-0.25, -0.2) is 0 Å². The molecule has 3 aromatic carbocycles. The first-order chi connectivity index (χ1) is 12.2. The quantitative estimate of drug-likeness (QED) is 0.681. The van der Waals surface area contributed by atoms with E-state index in [9.17, 15) is 4.79 Å². The lowest BCUT2D eigenvalue weighted by molar-refractivity contribution is 0.0952. The summed E-state index contributed by atoms with van der Waals surface area (Å²) in [6.07, 6.45) is 0.867. The normalized spacial score (nSPS) is 10.6. The summed E-state index contributed by atoms with van der Waals surface area (Å²) < 4.78 is 0. The Balaban J connectivity index is 1.68. The summed E-state index contributed by atoms with van der Waals surface area (Å²) in [5, 5.41) is 3.06. The van der Waals surface area contributed by atoms with Gasteiger partial charge in [-0.15, -0.1) is 0 Å². The third kappa shape index (κ3) is 4.57. The molecule has 1 amide bonds. The van der Waals surface area contributed by atoms with Crippen LogP contribution in [0, 0.1) is 6.92 Å². The molecule has 0 unspecified atom stereocenters. The van der Waals surface area contributed by atoms with Crippen molar-refractivity contribution in [2.75, 3.05) is 6.54 Å². The third-order valence-electron chi connectivity index (χ3n) is 4.40. The van der Waals surface area contributed by atoms with E-state index in [0.717, 1.165) is 17.5 Å². The van der Waals surface area contributed by atoms with Crippen molar-refractivity contribution >= 4 is 5.91 Å². The van der Waals surface area contributed by atoms with E-state index in [2.05, 4.69) is 53.8 Å². The Hall–Kier alpha value is -2.87. The number of carbonyl (C=O) groups excluding carboxylic acids is 1. The van der Waals surface area contributed by atoms with Gasteiger partial charge in [0.25, 0.3) is 5.91 Å². The minimum atomic E-state index is -0.0106. The highest BCUT2D eigenvalue weighted by Crippen LogP contribution is 2.27. The smallest absolute Gasteiger partial charge is 0.251 e. The average Bonchev–Trinajstić information content (AvgIpc) is 2.66. The fourth-order valence-electron chi connectivity index (χ4n) is 3.11. The van der Waals surface area contributed by atoms with Crippen LogP contribution in [0.3, 0.4) is 0 Å². The van der Waals surface area contributed by atoms with Crippen LogP contribution in [0.5, 0.6) is 0 Å². The van der Waals surface area contributed by atoms with Crippen LogP contribution >= 0.6 is 0 Å². The first-order valence-corrected chi connectivity index (χ1v) is 8.69. The van der Waals surface area contributed by atoms with E-state index < -0.39 is 0 Å². The van der Waals surface area contributed by atoms with Gasteiger partial charge in [-0.05, 0) is 36.6 Å². The van der Waals surface area contributed by atoms with Crippen LogP contribution in [0.4, 0.5) is 0 Å². The molecule has 0 aliphatic carbocycles. The van der Waals surface area contributed by atoms with Gasteiger partial charge in [0.1, 0.15) is 0 Å². The molecule has 126 valence electrons. The molecular weight excluding hydrogens is 306 g/mol. The summed E-state index contributed by atoms with van der Waals surface area (Å²) in [5.74, 6) is 0.267. The Bertz CT molecular complexity index is 772. The highest BCUT2D eigenvalue weighted by molar-refractivity contribution is 5.94.